The van der Waals surface area contributed by atoms with Crippen LogP contribution >= 0.6 is 11.8 Å². The van der Waals surface area contributed by atoms with Crippen LogP contribution < -0.4 is 5.56 Å². The fraction of sp³-hybridized carbons (Fsp3) is 0.0952. The Labute approximate surface area is 170 Å². The molecule has 29 heavy (non-hydrogen) atoms. The number of aromatic amines is 2. The molecule has 0 aliphatic rings. The molecule has 7 nitrogen and oxygen atoms in total. The van der Waals surface area contributed by atoms with E-state index in [-0.39, 0.29) is 5.56 Å². The SMILES string of the molecule is N#Cc1c(Cc2ccccc2)nc(SCc2ccccc2-c2cn[nH]n2)[nH]c1=O. The molecule has 2 N–H and O–H groups in total. The molecule has 0 saturated carbocycles. The van der Waals surface area contributed by atoms with E-state index in [1.807, 2.05) is 60.7 Å². The summed E-state index contributed by atoms with van der Waals surface area (Å²) in [5.74, 6) is 0.586. The van der Waals surface area contributed by atoms with Crippen molar-refractivity contribution in [1.29, 1.82) is 5.26 Å². The van der Waals surface area contributed by atoms with Gasteiger partial charge in [-0.3, -0.25) is 4.79 Å². The summed E-state index contributed by atoms with van der Waals surface area (Å²) in [6, 6.07) is 19.5. The predicted octanol–water partition coefficient (Wildman–Crippen LogP) is 3.31. The van der Waals surface area contributed by atoms with Crippen LogP contribution in [-0.4, -0.2) is 25.4 Å². The largest absolute Gasteiger partial charge is 0.300 e. The summed E-state index contributed by atoms with van der Waals surface area (Å²) in [6.45, 7) is 0. The van der Waals surface area contributed by atoms with E-state index in [1.54, 1.807) is 6.20 Å². The molecule has 0 atom stereocenters. The van der Waals surface area contributed by atoms with Crippen molar-refractivity contribution >= 4 is 11.8 Å². The van der Waals surface area contributed by atoms with E-state index >= 15 is 0 Å². The smallest absolute Gasteiger partial charge is 0.269 e. The third-order valence-electron chi connectivity index (χ3n) is 4.37. The molecule has 0 amide bonds. The van der Waals surface area contributed by atoms with E-state index < -0.39 is 5.56 Å². The van der Waals surface area contributed by atoms with Crippen molar-refractivity contribution < 1.29 is 0 Å². The van der Waals surface area contributed by atoms with Gasteiger partial charge in [-0.1, -0.05) is 66.4 Å². The molecule has 0 bridgehead atoms. The van der Waals surface area contributed by atoms with E-state index in [1.165, 1.54) is 11.8 Å². The molecular weight excluding hydrogens is 384 g/mol. The monoisotopic (exact) mass is 400 g/mol. The minimum atomic E-state index is -0.416. The van der Waals surface area contributed by atoms with Gasteiger partial charge in [0.25, 0.3) is 5.56 Å². The van der Waals surface area contributed by atoms with Crippen LogP contribution in [-0.2, 0) is 12.2 Å². The molecule has 0 aliphatic heterocycles. The summed E-state index contributed by atoms with van der Waals surface area (Å²) in [5.41, 5.74) is 3.88. The average Bonchev–Trinajstić information content (AvgIpc) is 3.28. The zero-order valence-corrected chi connectivity index (χ0v) is 16.1. The van der Waals surface area contributed by atoms with Gasteiger partial charge in [0.1, 0.15) is 17.3 Å². The minimum Gasteiger partial charge on any atom is -0.300 e. The van der Waals surface area contributed by atoms with Crippen molar-refractivity contribution in [2.45, 2.75) is 17.3 Å². The summed E-state index contributed by atoms with van der Waals surface area (Å²) >= 11 is 1.41. The summed E-state index contributed by atoms with van der Waals surface area (Å²) in [7, 11) is 0. The van der Waals surface area contributed by atoms with Crippen molar-refractivity contribution in [2.24, 2.45) is 0 Å². The zero-order valence-electron chi connectivity index (χ0n) is 15.3. The molecule has 0 saturated heterocycles. The van der Waals surface area contributed by atoms with Gasteiger partial charge in [-0.15, -0.1) is 0 Å². The summed E-state index contributed by atoms with van der Waals surface area (Å²) in [4.78, 5) is 19.7. The van der Waals surface area contributed by atoms with Crippen LogP contribution in [0.5, 0.6) is 0 Å². The Morgan fingerprint density at radius 1 is 1.07 bits per heavy atom. The fourth-order valence-electron chi connectivity index (χ4n) is 2.97. The molecule has 4 rings (SSSR count). The maximum atomic E-state index is 12.4. The molecule has 4 aromatic rings. The number of nitrogens with one attached hydrogen (secondary N) is 2. The van der Waals surface area contributed by atoms with Gasteiger partial charge in [0.15, 0.2) is 5.16 Å². The van der Waals surface area contributed by atoms with Crippen LogP contribution in [0, 0.1) is 11.3 Å². The van der Waals surface area contributed by atoms with Gasteiger partial charge < -0.3 is 4.98 Å². The number of thioether (sulfide) groups is 1. The van der Waals surface area contributed by atoms with Gasteiger partial charge in [0.2, 0.25) is 0 Å². The van der Waals surface area contributed by atoms with Crippen molar-refractivity contribution in [1.82, 2.24) is 25.4 Å². The number of H-pyrrole nitrogens is 2. The third kappa shape index (κ3) is 4.25. The second-order valence-electron chi connectivity index (χ2n) is 6.27. The zero-order chi connectivity index (χ0) is 20.1. The number of nitriles is 1. The van der Waals surface area contributed by atoms with Gasteiger partial charge in [0.05, 0.1) is 11.9 Å². The first-order valence-electron chi connectivity index (χ1n) is 8.88. The second kappa shape index (κ2) is 8.54. The highest BCUT2D eigenvalue weighted by Gasteiger charge is 2.14. The number of hydrogen-bond acceptors (Lipinski definition) is 6. The lowest BCUT2D eigenvalue weighted by molar-refractivity contribution is 0.870. The summed E-state index contributed by atoms with van der Waals surface area (Å²) in [5, 5.41) is 20.5. The Morgan fingerprint density at radius 2 is 1.86 bits per heavy atom. The standard InChI is InChI=1S/C21H16N6OS/c22-11-17-18(10-14-6-2-1-3-7-14)24-21(25-20(17)28)29-13-15-8-4-5-9-16(15)19-12-23-27-26-19/h1-9,12H,10,13H2,(H,23,26,27)(H,24,25,28). The highest BCUT2D eigenvalue weighted by molar-refractivity contribution is 7.98. The fourth-order valence-corrected chi connectivity index (χ4v) is 3.85. The third-order valence-corrected chi connectivity index (χ3v) is 5.29. The molecule has 2 aromatic carbocycles. The van der Waals surface area contributed by atoms with E-state index in [0.29, 0.717) is 23.0 Å². The first-order valence-corrected chi connectivity index (χ1v) is 9.87. The predicted molar refractivity (Wildman–Crippen MR) is 110 cm³/mol. The average molecular weight is 400 g/mol. The Balaban J connectivity index is 1.61. The van der Waals surface area contributed by atoms with Crippen LogP contribution in [0.4, 0.5) is 0 Å². The quantitative estimate of drug-likeness (QED) is 0.379. The topological polar surface area (TPSA) is 111 Å². The molecule has 0 spiro atoms. The number of aromatic nitrogens is 5. The maximum absolute atomic E-state index is 12.4. The molecule has 0 radical (unpaired) electrons. The van der Waals surface area contributed by atoms with Gasteiger partial charge in [-0.25, -0.2) is 4.98 Å². The molecular formula is C21H16N6OS. The Kier molecular flexibility index (Phi) is 5.49. The Morgan fingerprint density at radius 3 is 2.62 bits per heavy atom. The van der Waals surface area contributed by atoms with E-state index in [4.69, 9.17) is 0 Å². The second-order valence-corrected chi connectivity index (χ2v) is 7.23. The Bertz CT molecular complexity index is 1210. The molecule has 2 heterocycles. The highest BCUT2D eigenvalue weighted by Crippen LogP contribution is 2.27. The van der Waals surface area contributed by atoms with Crippen LogP contribution in [0.15, 0.2) is 70.7 Å². The molecule has 0 fully saturated rings. The molecule has 142 valence electrons. The normalized spacial score (nSPS) is 10.6. The van der Waals surface area contributed by atoms with Crippen LogP contribution in [0.2, 0.25) is 0 Å². The van der Waals surface area contributed by atoms with E-state index in [0.717, 1.165) is 22.4 Å². The number of nitrogens with zero attached hydrogens (tertiary/aromatic N) is 4. The van der Waals surface area contributed by atoms with Crippen molar-refractivity contribution in [3.63, 3.8) is 0 Å². The van der Waals surface area contributed by atoms with Crippen molar-refractivity contribution in [3.8, 4) is 17.3 Å². The van der Waals surface area contributed by atoms with Gasteiger partial charge in [-0.05, 0) is 11.1 Å². The summed E-state index contributed by atoms with van der Waals surface area (Å²) in [6.07, 6.45) is 2.10. The van der Waals surface area contributed by atoms with Gasteiger partial charge in [-0.2, -0.15) is 20.7 Å². The number of benzene rings is 2. The minimum absolute atomic E-state index is 0.0567. The molecule has 0 aliphatic carbocycles. The molecule has 2 aromatic heterocycles. The van der Waals surface area contributed by atoms with E-state index in [2.05, 4.69) is 25.4 Å². The lowest BCUT2D eigenvalue weighted by Gasteiger charge is -2.08. The molecule has 8 heteroatoms. The number of hydrogen-bond donors (Lipinski definition) is 2. The summed E-state index contributed by atoms with van der Waals surface area (Å²) < 4.78 is 0. The van der Waals surface area contributed by atoms with Gasteiger partial charge in [0, 0.05) is 17.7 Å². The van der Waals surface area contributed by atoms with Crippen molar-refractivity contribution in [2.75, 3.05) is 0 Å². The number of rotatable bonds is 6. The van der Waals surface area contributed by atoms with E-state index in [9.17, 15) is 10.1 Å². The van der Waals surface area contributed by atoms with Crippen LogP contribution in [0.1, 0.15) is 22.4 Å². The highest BCUT2D eigenvalue weighted by atomic mass is 32.2. The lowest BCUT2D eigenvalue weighted by Crippen LogP contribution is -2.17. The van der Waals surface area contributed by atoms with Crippen molar-refractivity contribution in [3.05, 3.63) is 93.5 Å². The Hall–Kier alpha value is -3.70. The van der Waals surface area contributed by atoms with Crippen LogP contribution in [0.3, 0.4) is 0 Å². The first kappa shape index (κ1) is 18.7. The maximum Gasteiger partial charge on any atom is 0.269 e. The first-order chi connectivity index (χ1) is 14.2. The van der Waals surface area contributed by atoms with Gasteiger partial charge >= 0.3 is 0 Å². The molecule has 0 unspecified atom stereocenters. The van der Waals surface area contributed by atoms with Crippen LogP contribution in [0.25, 0.3) is 11.3 Å². The lowest BCUT2D eigenvalue weighted by atomic mass is 10.1.